The van der Waals surface area contributed by atoms with E-state index in [0.717, 1.165) is 34.0 Å². The number of carbonyl (C=O) groups is 1. The van der Waals surface area contributed by atoms with E-state index in [4.69, 9.17) is 23.2 Å². The van der Waals surface area contributed by atoms with E-state index < -0.39 is 0 Å². The Balaban J connectivity index is 1.29. The van der Waals surface area contributed by atoms with Crippen molar-refractivity contribution >= 4 is 56.7 Å². The number of carbonyl (C=O) groups excluding carboxylic acids is 1. The van der Waals surface area contributed by atoms with Crippen molar-refractivity contribution in [3.8, 4) is 0 Å². The average molecular weight is 413 g/mol. The fourth-order valence-electron chi connectivity index (χ4n) is 3.05. The number of anilines is 1. The number of benzene rings is 2. The number of nitrogens with one attached hydrogen (secondary N) is 3. The molecule has 28 heavy (non-hydrogen) atoms. The molecule has 2 heterocycles. The van der Waals surface area contributed by atoms with Crippen molar-refractivity contribution in [2.75, 3.05) is 18.4 Å². The van der Waals surface area contributed by atoms with Gasteiger partial charge in [-0.15, -0.1) is 0 Å². The standard InChI is InChI=1S/C21H18Cl2N4O/c22-14-10-16(23)15-12-19(26-18(15)11-14)21(28)25-9-3-8-24-20-7-6-13-4-1-2-5-17(13)27-20/h1-2,4-7,10-12,26H,3,8-9H2,(H,24,27)(H,25,28). The van der Waals surface area contributed by atoms with Crippen LogP contribution in [0.4, 0.5) is 5.82 Å². The number of fused-ring (bicyclic) bond motifs is 2. The molecule has 2 aromatic heterocycles. The van der Waals surface area contributed by atoms with Crippen molar-refractivity contribution in [1.82, 2.24) is 15.3 Å². The maximum atomic E-state index is 12.3. The second-order valence-electron chi connectivity index (χ2n) is 6.46. The average Bonchev–Trinajstić information content (AvgIpc) is 3.12. The van der Waals surface area contributed by atoms with Crippen LogP contribution in [-0.2, 0) is 0 Å². The van der Waals surface area contributed by atoms with Gasteiger partial charge in [0.15, 0.2) is 0 Å². The van der Waals surface area contributed by atoms with Gasteiger partial charge in [0.25, 0.3) is 5.91 Å². The molecule has 3 N–H and O–H groups in total. The van der Waals surface area contributed by atoms with Crippen molar-refractivity contribution < 1.29 is 4.79 Å². The molecule has 0 unspecified atom stereocenters. The van der Waals surface area contributed by atoms with Gasteiger partial charge in [0.05, 0.1) is 10.5 Å². The van der Waals surface area contributed by atoms with Gasteiger partial charge in [-0.1, -0.05) is 41.4 Å². The summed E-state index contributed by atoms with van der Waals surface area (Å²) in [7, 11) is 0. The van der Waals surface area contributed by atoms with Crippen LogP contribution in [0.5, 0.6) is 0 Å². The normalized spacial score (nSPS) is 11.1. The number of H-pyrrole nitrogens is 1. The maximum absolute atomic E-state index is 12.3. The molecule has 142 valence electrons. The van der Waals surface area contributed by atoms with Gasteiger partial charge in [-0.25, -0.2) is 4.98 Å². The highest BCUT2D eigenvalue weighted by Crippen LogP contribution is 2.28. The molecular weight excluding hydrogens is 395 g/mol. The third kappa shape index (κ3) is 4.06. The number of pyridine rings is 1. The van der Waals surface area contributed by atoms with E-state index in [9.17, 15) is 4.79 Å². The van der Waals surface area contributed by atoms with Crippen molar-refractivity contribution in [1.29, 1.82) is 0 Å². The Morgan fingerprint density at radius 2 is 1.89 bits per heavy atom. The lowest BCUT2D eigenvalue weighted by atomic mass is 10.2. The number of aromatic nitrogens is 2. The highest BCUT2D eigenvalue weighted by atomic mass is 35.5. The van der Waals surface area contributed by atoms with Crippen LogP contribution in [0.1, 0.15) is 16.9 Å². The van der Waals surface area contributed by atoms with Gasteiger partial charge in [-0.2, -0.15) is 0 Å². The Bertz CT molecular complexity index is 1160. The minimum atomic E-state index is -0.174. The second kappa shape index (κ2) is 8.09. The lowest BCUT2D eigenvalue weighted by Crippen LogP contribution is -2.26. The SMILES string of the molecule is O=C(NCCCNc1ccc2ccccc2n1)c1cc2c(Cl)cc(Cl)cc2[nH]1. The molecule has 0 aliphatic heterocycles. The van der Waals surface area contributed by atoms with Crippen LogP contribution in [0.15, 0.2) is 54.6 Å². The van der Waals surface area contributed by atoms with Gasteiger partial charge in [0.1, 0.15) is 11.5 Å². The minimum Gasteiger partial charge on any atom is -0.370 e. The summed E-state index contributed by atoms with van der Waals surface area (Å²) in [5.41, 5.74) is 2.16. The van der Waals surface area contributed by atoms with Gasteiger partial charge >= 0.3 is 0 Å². The maximum Gasteiger partial charge on any atom is 0.267 e. The summed E-state index contributed by atoms with van der Waals surface area (Å²) in [5.74, 6) is 0.652. The fraction of sp³-hybridized carbons (Fsp3) is 0.143. The summed E-state index contributed by atoms with van der Waals surface area (Å²) in [6.45, 7) is 1.25. The number of nitrogens with zero attached hydrogens (tertiary/aromatic N) is 1. The van der Waals surface area contributed by atoms with E-state index >= 15 is 0 Å². The largest absolute Gasteiger partial charge is 0.370 e. The Hall–Kier alpha value is -2.76. The predicted molar refractivity (Wildman–Crippen MR) is 116 cm³/mol. The minimum absolute atomic E-state index is 0.174. The third-order valence-electron chi connectivity index (χ3n) is 4.44. The van der Waals surface area contributed by atoms with Crippen LogP contribution in [0.3, 0.4) is 0 Å². The van der Waals surface area contributed by atoms with Crippen LogP contribution in [-0.4, -0.2) is 29.0 Å². The fourth-order valence-corrected chi connectivity index (χ4v) is 3.60. The molecule has 0 saturated heterocycles. The zero-order valence-electron chi connectivity index (χ0n) is 14.9. The topological polar surface area (TPSA) is 69.8 Å². The van der Waals surface area contributed by atoms with Crippen LogP contribution in [0, 0.1) is 0 Å². The first-order chi connectivity index (χ1) is 13.6. The number of amides is 1. The summed E-state index contributed by atoms with van der Waals surface area (Å²) in [6.07, 6.45) is 0.771. The molecule has 5 nitrogen and oxygen atoms in total. The molecule has 0 bridgehead atoms. The van der Waals surface area contributed by atoms with Crippen LogP contribution in [0.25, 0.3) is 21.8 Å². The van der Waals surface area contributed by atoms with Gasteiger partial charge in [0, 0.05) is 34.4 Å². The quantitative estimate of drug-likeness (QED) is 0.378. The van der Waals surface area contributed by atoms with E-state index in [2.05, 4.69) is 20.6 Å². The molecule has 2 aromatic carbocycles. The van der Waals surface area contributed by atoms with Gasteiger partial charge < -0.3 is 15.6 Å². The van der Waals surface area contributed by atoms with Crippen molar-refractivity contribution in [3.63, 3.8) is 0 Å². The number of halogens is 2. The second-order valence-corrected chi connectivity index (χ2v) is 7.30. The summed E-state index contributed by atoms with van der Waals surface area (Å²) in [4.78, 5) is 20.0. The van der Waals surface area contributed by atoms with Crippen LogP contribution in [0.2, 0.25) is 10.0 Å². The Kier molecular flexibility index (Phi) is 5.37. The number of hydrogen-bond donors (Lipinski definition) is 3. The highest BCUT2D eigenvalue weighted by Gasteiger charge is 2.11. The van der Waals surface area contributed by atoms with Gasteiger partial charge in [-0.3, -0.25) is 4.79 Å². The van der Waals surface area contributed by atoms with E-state index in [1.807, 2.05) is 36.4 Å². The first kappa shape index (κ1) is 18.6. The van der Waals surface area contributed by atoms with Crippen LogP contribution < -0.4 is 10.6 Å². The Labute approximate surface area is 172 Å². The summed E-state index contributed by atoms with van der Waals surface area (Å²) < 4.78 is 0. The van der Waals surface area contributed by atoms with E-state index in [1.165, 1.54) is 0 Å². The predicted octanol–water partition coefficient (Wildman–Crippen LogP) is 5.25. The molecule has 0 saturated carbocycles. The van der Waals surface area contributed by atoms with Crippen molar-refractivity contribution in [2.45, 2.75) is 6.42 Å². The van der Waals surface area contributed by atoms with E-state index in [1.54, 1.807) is 18.2 Å². The number of rotatable bonds is 6. The first-order valence-corrected chi connectivity index (χ1v) is 9.71. The molecule has 1 amide bonds. The lowest BCUT2D eigenvalue weighted by Gasteiger charge is -2.07. The molecule has 0 atom stereocenters. The molecular formula is C21H18Cl2N4O. The zero-order chi connectivity index (χ0) is 19.5. The molecule has 0 radical (unpaired) electrons. The summed E-state index contributed by atoms with van der Waals surface area (Å²) in [5, 5.41) is 9.12. The number of aromatic amines is 1. The van der Waals surface area contributed by atoms with Crippen LogP contribution >= 0.6 is 23.2 Å². The Morgan fingerprint density at radius 1 is 1.04 bits per heavy atom. The molecule has 0 fully saturated rings. The smallest absolute Gasteiger partial charge is 0.267 e. The molecule has 0 aliphatic carbocycles. The molecule has 4 rings (SSSR count). The van der Waals surface area contributed by atoms with E-state index in [0.29, 0.717) is 28.8 Å². The van der Waals surface area contributed by atoms with Crippen molar-refractivity contribution in [2.24, 2.45) is 0 Å². The molecule has 0 aliphatic rings. The number of para-hydroxylation sites is 1. The molecule has 4 aromatic rings. The molecule has 7 heteroatoms. The third-order valence-corrected chi connectivity index (χ3v) is 4.97. The zero-order valence-corrected chi connectivity index (χ0v) is 16.4. The van der Waals surface area contributed by atoms with Gasteiger partial charge in [0.2, 0.25) is 0 Å². The monoisotopic (exact) mass is 412 g/mol. The van der Waals surface area contributed by atoms with E-state index in [-0.39, 0.29) is 5.91 Å². The number of hydrogen-bond acceptors (Lipinski definition) is 3. The Morgan fingerprint density at radius 3 is 2.79 bits per heavy atom. The van der Waals surface area contributed by atoms with Crippen molar-refractivity contribution in [3.05, 3.63) is 70.3 Å². The summed E-state index contributed by atoms with van der Waals surface area (Å²) in [6, 6.07) is 17.1. The van der Waals surface area contributed by atoms with Gasteiger partial charge in [-0.05, 0) is 42.8 Å². The molecule has 0 spiro atoms. The first-order valence-electron chi connectivity index (χ1n) is 8.96. The highest BCUT2D eigenvalue weighted by molar-refractivity contribution is 6.38. The lowest BCUT2D eigenvalue weighted by molar-refractivity contribution is 0.0949. The summed E-state index contributed by atoms with van der Waals surface area (Å²) >= 11 is 12.2.